The molecule has 2 N–H and O–H groups in total. The van der Waals surface area contributed by atoms with Crippen LogP contribution in [-0.2, 0) is 11.3 Å². The number of benzene rings is 3. The summed E-state index contributed by atoms with van der Waals surface area (Å²) in [7, 11) is 0. The summed E-state index contributed by atoms with van der Waals surface area (Å²) in [5, 5.41) is 12.7. The Morgan fingerprint density at radius 2 is 1.79 bits per heavy atom. The van der Waals surface area contributed by atoms with Crippen molar-refractivity contribution in [2.45, 2.75) is 18.9 Å². The molecule has 12 heteroatoms. The number of alkyl halides is 3. The van der Waals surface area contributed by atoms with Crippen LogP contribution < -0.4 is 5.32 Å². The topological polar surface area (TPSA) is 106 Å². The molecule has 2 aromatic heterocycles. The zero-order chi connectivity index (χ0) is 26.7. The van der Waals surface area contributed by atoms with Crippen LogP contribution in [0.5, 0.6) is 0 Å². The lowest BCUT2D eigenvalue weighted by atomic mass is 10.1. The summed E-state index contributed by atoms with van der Waals surface area (Å²) in [6, 6.07) is 17.2. The summed E-state index contributed by atoms with van der Waals surface area (Å²) >= 11 is 0. The lowest BCUT2D eigenvalue weighted by molar-refractivity contribution is -0.227. The molecular weight excluding hydrogens is 504 g/mol. The highest BCUT2D eigenvalue weighted by atomic mass is 19.4. The van der Waals surface area contributed by atoms with Gasteiger partial charge in [-0.1, -0.05) is 47.7 Å². The zero-order valence-electron chi connectivity index (χ0n) is 19.4. The molecule has 1 amide bonds. The number of carbonyl (C=O) groups excluding carboxylic acids is 1. The lowest BCUT2D eigenvalue weighted by Gasteiger charge is -2.21. The second-order valence-electron chi connectivity index (χ2n) is 8.23. The molecule has 1 atom stereocenters. The predicted octanol–water partition coefficient (Wildman–Crippen LogP) is 5.63. The minimum atomic E-state index is -4.58. The molecule has 2 heterocycles. The lowest BCUT2D eigenvalue weighted by Crippen LogP contribution is -2.23. The highest BCUT2D eigenvalue weighted by molar-refractivity contribution is 6.05. The van der Waals surface area contributed by atoms with Gasteiger partial charge in [0.05, 0.1) is 18.4 Å². The van der Waals surface area contributed by atoms with Crippen molar-refractivity contribution in [2.24, 2.45) is 0 Å². The summed E-state index contributed by atoms with van der Waals surface area (Å²) < 4.78 is 60.1. The molecular formula is C26H18F4N6O2. The molecule has 0 unspecified atom stereocenters. The molecule has 38 heavy (non-hydrogen) atoms. The van der Waals surface area contributed by atoms with Crippen molar-refractivity contribution in [1.29, 1.82) is 0 Å². The summed E-state index contributed by atoms with van der Waals surface area (Å²) in [6.07, 6.45) is -5.19. The van der Waals surface area contributed by atoms with Gasteiger partial charge in [-0.3, -0.25) is 9.89 Å². The van der Waals surface area contributed by atoms with Gasteiger partial charge in [0.15, 0.2) is 11.9 Å². The van der Waals surface area contributed by atoms with Crippen molar-refractivity contribution in [2.75, 3.05) is 5.32 Å². The molecule has 0 fully saturated rings. The van der Waals surface area contributed by atoms with Gasteiger partial charge in [0.25, 0.3) is 5.91 Å². The highest BCUT2D eigenvalue weighted by Crippen LogP contribution is 2.36. The van der Waals surface area contributed by atoms with E-state index >= 15 is 0 Å². The fraction of sp³-hybridized carbons (Fsp3) is 0.115. The van der Waals surface area contributed by atoms with Crippen molar-refractivity contribution < 1.29 is 27.1 Å². The number of hydrogen-bond acceptors (Lipinski definition) is 6. The van der Waals surface area contributed by atoms with Crippen LogP contribution in [0.3, 0.4) is 0 Å². The Labute approximate surface area is 212 Å². The number of fused-ring (bicyclic) bond motifs is 1. The van der Waals surface area contributed by atoms with Crippen LogP contribution in [0.25, 0.3) is 22.6 Å². The molecule has 0 aliphatic carbocycles. The second kappa shape index (κ2) is 10.3. The number of amides is 1. The molecule has 8 nitrogen and oxygen atoms in total. The molecule has 0 radical (unpaired) electrons. The number of nitrogens with one attached hydrogen (secondary N) is 2. The van der Waals surface area contributed by atoms with Gasteiger partial charge in [-0.2, -0.15) is 13.2 Å². The van der Waals surface area contributed by atoms with Crippen molar-refractivity contribution in [3.63, 3.8) is 0 Å². The molecule has 0 bridgehead atoms. The number of rotatable bonds is 7. The van der Waals surface area contributed by atoms with Gasteiger partial charge >= 0.3 is 6.18 Å². The average molecular weight is 522 g/mol. The molecule has 0 spiro atoms. The van der Waals surface area contributed by atoms with E-state index in [9.17, 15) is 22.4 Å². The predicted molar refractivity (Wildman–Crippen MR) is 129 cm³/mol. The average Bonchev–Trinajstić information content (AvgIpc) is 3.38. The van der Waals surface area contributed by atoms with Gasteiger partial charge in [0.1, 0.15) is 11.3 Å². The van der Waals surface area contributed by atoms with Crippen LogP contribution in [0.15, 0.2) is 79.0 Å². The fourth-order valence-corrected chi connectivity index (χ4v) is 3.70. The van der Waals surface area contributed by atoms with E-state index in [0.717, 1.165) is 6.07 Å². The standard InChI is InChI=1S/C26H18F4N6O2/c27-20-11-8-17(23-31-13-21-24(33-23)35-36-34-21)12-19(20)25(37)32-18-9-6-15(7-10-18)14-38-22(26(28,29)30)16-4-2-1-3-5-16/h1-13,22H,14H2,(H,32,37)(H,31,33,34,35,36)/t22-/m0/s1. The van der Waals surface area contributed by atoms with Crippen LogP contribution in [-0.4, -0.2) is 37.5 Å². The Morgan fingerprint density at radius 1 is 1.03 bits per heavy atom. The minimum absolute atomic E-state index is 0.000472. The first-order valence-electron chi connectivity index (χ1n) is 11.3. The summed E-state index contributed by atoms with van der Waals surface area (Å²) in [4.78, 5) is 21.2. The normalized spacial score (nSPS) is 12.4. The van der Waals surface area contributed by atoms with E-state index in [1.807, 2.05) is 0 Å². The number of halogens is 4. The molecule has 5 rings (SSSR count). The van der Waals surface area contributed by atoms with Crippen LogP contribution in [0, 0.1) is 5.82 Å². The van der Waals surface area contributed by atoms with Crippen LogP contribution >= 0.6 is 0 Å². The Hall–Kier alpha value is -4.71. The van der Waals surface area contributed by atoms with Gasteiger partial charge in [0.2, 0.25) is 5.65 Å². The van der Waals surface area contributed by atoms with Crippen molar-refractivity contribution in [3.8, 4) is 11.4 Å². The third-order valence-electron chi connectivity index (χ3n) is 5.58. The Kier molecular flexibility index (Phi) is 6.79. The maximum absolute atomic E-state index is 14.5. The quantitative estimate of drug-likeness (QED) is 0.269. The number of ether oxygens (including phenoxy) is 1. The SMILES string of the molecule is O=C(Nc1ccc(CO[C@@H](c2ccccc2)C(F)(F)F)cc1)c1cc(-c2ncc3[nH]nnc3n2)ccc1F. The van der Waals surface area contributed by atoms with E-state index < -0.39 is 24.0 Å². The highest BCUT2D eigenvalue weighted by Gasteiger charge is 2.41. The van der Waals surface area contributed by atoms with Crippen LogP contribution in [0.2, 0.25) is 0 Å². The molecule has 0 aliphatic rings. The minimum Gasteiger partial charge on any atom is -0.359 e. The summed E-state index contributed by atoms with van der Waals surface area (Å²) in [6.45, 7) is -0.306. The van der Waals surface area contributed by atoms with Gasteiger partial charge in [-0.15, -0.1) is 5.10 Å². The first kappa shape index (κ1) is 25.0. The number of nitrogens with zero attached hydrogens (tertiary/aromatic N) is 4. The van der Waals surface area contributed by atoms with Crippen molar-refractivity contribution in [3.05, 3.63) is 102 Å². The number of aromatic amines is 1. The number of aromatic nitrogens is 5. The van der Waals surface area contributed by atoms with E-state index in [4.69, 9.17) is 4.74 Å². The summed E-state index contributed by atoms with van der Waals surface area (Å²) in [5.74, 6) is -1.24. The van der Waals surface area contributed by atoms with E-state index in [2.05, 4.69) is 30.7 Å². The third-order valence-corrected chi connectivity index (χ3v) is 5.58. The zero-order valence-corrected chi connectivity index (χ0v) is 19.4. The van der Waals surface area contributed by atoms with Crippen molar-refractivity contribution in [1.82, 2.24) is 25.4 Å². The molecule has 0 aliphatic heterocycles. The second-order valence-corrected chi connectivity index (χ2v) is 8.23. The number of anilines is 1. The van der Waals surface area contributed by atoms with E-state index in [1.165, 1.54) is 66.9 Å². The van der Waals surface area contributed by atoms with E-state index in [1.54, 1.807) is 6.07 Å². The molecule has 192 valence electrons. The van der Waals surface area contributed by atoms with Crippen LogP contribution in [0.1, 0.15) is 27.6 Å². The van der Waals surface area contributed by atoms with Gasteiger partial charge in [0, 0.05) is 11.3 Å². The first-order valence-corrected chi connectivity index (χ1v) is 11.3. The number of H-pyrrole nitrogens is 1. The molecule has 0 saturated carbocycles. The Morgan fingerprint density at radius 3 is 2.53 bits per heavy atom. The maximum atomic E-state index is 14.5. The molecule has 0 saturated heterocycles. The summed E-state index contributed by atoms with van der Waals surface area (Å²) in [5.41, 5.74) is 1.78. The van der Waals surface area contributed by atoms with E-state index in [0.29, 0.717) is 28.0 Å². The molecule has 5 aromatic rings. The number of carbonyl (C=O) groups is 1. The first-order chi connectivity index (χ1) is 18.3. The Balaban J connectivity index is 1.27. The number of hydrogen-bond donors (Lipinski definition) is 2. The monoisotopic (exact) mass is 522 g/mol. The smallest absolute Gasteiger partial charge is 0.359 e. The van der Waals surface area contributed by atoms with Crippen LogP contribution in [0.4, 0.5) is 23.2 Å². The van der Waals surface area contributed by atoms with Gasteiger partial charge in [-0.25, -0.2) is 14.4 Å². The third kappa shape index (κ3) is 5.49. The largest absolute Gasteiger partial charge is 0.418 e. The van der Waals surface area contributed by atoms with Gasteiger partial charge in [-0.05, 0) is 41.5 Å². The molecule has 3 aromatic carbocycles. The fourth-order valence-electron chi connectivity index (χ4n) is 3.70. The van der Waals surface area contributed by atoms with E-state index in [-0.39, 0.29) is 23.6 Å². The Bertz CT molecular complexity index is 1570. The van der Waals surface area contributed by atoms with Crippen molar-refractivity contribution >= 4 is 22.8 Å². The van der Waals surface area contributed by atoms with Gasteiger partial charge < -0.3 is 10.1 Å². The maximum Gasteiger partial charge on any atom is 0.418 e.